The number of nitrogens with zero attached hydrogens (tertiary/aromatic N) is 4. The van der Waals surface area contributed by atoms with Crippen LogP contribution in [0, 0.1) is 11.8 Å². The van der Waals surface area contributed by atoms with Gasteiger partial charge in [-0.25, -0.2) is 4.68 Å². The Balaban J connectivity index is 1.31. The third-order valence-electron chi connectivity index (χ3n) is 6.64. The van der Waals surface area contributed by atoms with E-state index in [1.54, 1.807) is 9.80 Å². The second kappa shape index (κ2) is 8.63. The molecule has 0 aliphatic carbocycles. The van der Waals surface area contributed by atoms with Gasteiger partial charge in [-0.3, -0.25) is 4.79 Å². The van der Waals surface area contributed by atoms with Crippen LogP contribution in [-0.4, -0.2) is 66.1 Å². The molecule has 2 N–H and O–H groups in total. The van der Waals surface area contributed by atoms with Crippen LogP contribution in [0.4, 0.5) is 0 Å². The predicted molar refractivity (Wildman–Crippen MR) is 110 cm³/mol. The molecule has 3 aliphatic rings. The second-order valence-corrected chi connectivity index (χ2v) is 9.16. The minimum absolute atomic E-state index is 0.201. The number of fused-ring (bicyclic) bond motifs is 3. The Kier molecular flexibility index (Phi) is 5.96. The van der Waals surface area contributed by atoms with Crippen molar-refractivity contribution in [2.24, 2.45) is 11.8 Å². The molecule has 0 saturated carbocycles. The molecule has 156 valence electrons. The molecule has 7 nitrogen and oxygen atoms in total. The monoisotopic (exact) mass is 398 g/mol. The van der Waals surface area contributed by atoms with Crippen LogP contribution >= 0.6 is 0 Å². The summed E-state index contributed by atoms with van der Waals surface area (Å²) in [5.74, 6) is 1.03. The van der Waals surface area contributed by atoms with Gasteiger partial charge < -0.3 is 14.7 Å². The molecule has 1 amide bonds. The highest BCUT2D eigenvalue weighted by atomic mass is 16.2. The van der Waals surface area contributed by atoms with E-state index < -0.39 is 0 Å². The van der Waals surface area contributed by atoms with Crippen LogP contribution in [0.2, 0.25) is 0 Å². The van der Waals surface area contributed by atoms with Crippen molar-refractivity contribution in [3.8, 4) is 0 Å². The number of benzene rings is 1. The highest BCUT2D eigenvalue weighted by Gasteiger charge is 2.47. The van der Waals surface area contributed by atoms with Gasteiger partial charge >= 0.3 is 0 Å². The summed E-state index contributed by atoms with van der Waals surface area (Å²) in [6.45, 7) is 4.91. The number of carbonyl (C=O) groups excluding carboxylic acids is 1. The second-order valence-electron chi connectivity index (χ2n) is 9.16. The number of nitrogens with one attached hydrogen (secondary N) is 2. The highest BCUT2D eigenvalue weighted by Crippen LogP contribution is 2.28. The average molecular weight is 399 g/mol. The van der Waals surface area contributed by atoms with Crippen molar-refractivity contribution >= 4 is 5.91 Å². The molecular weight excluding hydrogens is 364 g/mol. The third kappa shape index (κ3) is 4.67. The van der Waals surface area contributed by atoms with Crippen LogP contribution in [-0.2, 0) is 24.4 Å². The fourth-order valence-corrected chi connectivity index (χ4v) is 5.18. The zero-order valence-corrected chi connectivity index (χ0v) is 17.8. The summed E-state index contributed by atoms with van der Waals surface area (Å²) < 4.78 is 2.02. The molecule has 3 aliphatic heterocycles. The van der Waals surface area contributed by atoms with E-state index in [1.807, 2.05) is 18.8 Å². The van der Waals surface area contributed by atoms with Gasteiger partial charge in [0.1, 0.15) is 24.8 Å². The number of piperidine rings is 3. The fraction of sp³-hybridized carbons (Fsp3) is 0.591. The number of rotatable bonds is 7. The number of aromatic nitrogens is 3. The molecule has 5 atom stereocenters. The van der Waals surface area contributed by atoms with Crippen LogP contribution in [0.3, 0.4) is 0 Å². The van der Waals surface area contributed by atoms with Crippen molar-refractivity contribution in [2.45, 2.75) is 38.5 Å². The normalized spacial score (nSPS) is 27.0. The lowest BCUT2D eigenvalue weighted by Gasteiger charge is -2.46. The Hall–Kier alpha value is -2.25. The van der Waals surface area contributed by atoms with Gasteiger partial charge in [-0.1, -0.05) is 35.5 Å². The van der Waals surface area contributed by atoms with Gasteiger partial charge in [0.25, 0.3) is 0 Å². The number of amides is 1. The predicted octanol–water partition coefficient (Wildman–Crippen LogP) is -1.13. The van der Waals surface area contributed by atoms with Gasteiger partial charge in [-0.15, -0.1) is 5.10 Å². The lowest BCUT2D eigenvalue weighted by Crippen LogP contribution is -3.20. The molecule has 0 spiro atoms. The SMILES string of the molecule is CN(C)C(=O)[C@H]1C[NH+]2CC[C@H]1C[C@@H]2Cn1cc(C[NH+](C)Cc2ccccc2)nn1. The van der Waals surface area contributed by atoms with E-state index >= 15 is 0 Å². The molecule has 2 bridgehead atoms. The number of hydrogen-bond donors (Lipinski definition) is 2. The first-order valence-electron chi connectivity index (χ1n) is 10.8. The van der Waals surface area contributed by atoms with Gasteiger partial charge in [0.2, 0.25) is 5.91 Å². The molecule has 7 heteroatoms. The van der Waals surface area contributed by atoms with Gasteiger partial charge in [0.15, 0.2) is 0 Å². The zero-order chi connectivity index (χ0) is 20.4. The largest absolute Gasteiger partial charge is 0.348 e. The summed E-state index contributed by atoms with van der Waals surface area (Å²) in [6.07, 6.45) is 4.40. The third-order valence-corrected chi connectivity index (χ3v) is 6.64. The molecule has 3 saturated heterocycles. The van der Waals surface area contributed by atoms with Gasteiger partial charge in [-0.2, -0.15) is 0 Å². The standard InChI is InChI=1S/C22H32N6O/c1-25(2)22(29)21-16-27-10-9-18(21)11-20(27)15-28-14-19(23-24-28)13-26(3)12-17-7-5-4-6-8-17/h4-8,14,18,20-21H,9-13,15-16H2,1-3H3/p+2/t18-,20+,21-/m0/s1. The summed E-state index contributed by atoms with van der Waals surface area (Å²) >= 11 is 0. The van der Waals surface area contributed by atoms with Crippen molar-refractivity contribution in [1.82, 2.24) is 19.9 Å². The van der Waals surface area contributed by atoms with Crippen LogP contribution in [0.1, 0.15) is 24.1 Å². The Morgan fingerprint density at radius 1 is 1.28 bits per heavy atom. The molecule has 1 aromatic heterocycles. The van der Waals surface area contributed by atoms with E-state index in [1.165, 1.54) is 23.4 Å². The topological polar surface area (TPSA) is 59.9 Å². The Morgan fingerprint density at radius 3 is 2.76 bits per heavy atom. The highest BCUT2D eigenvalue weighted by molar-refractivity contribution is 5.78. The van der Waals surface area contributed by atoms with Crippen molar-refractivity contribution < 1.29 is 14.6 Å². The first-order valence-corrected chi connectivity index (χ1v) is 10.8. The number of quaternary nitrogens is 2. The van der Waals surface area contributed by atoms with Crippen LogP contribution in [0.5, 0.6) is 0 Å². The maximum atomic E-state index is 12.5. The smallest absolute Gasteiger partial charge is 0.231 e. The van der Waals surface area contributed by atoms with E-state index in [9.17, 15) is 4.79 Å². The molecule has 1 aromatic carbocycles. The maximum absolute atomic E-state index is 12.5. The average Bonchev–Trinajstić information content (AvgIpc) is 3.15. The van der Waals surface area contributed by atoms with Crippen molar-refractivity contribution in [1.29, 1.82) is 0 Å². The number of carbonyl (C=O) groups is 1. The van der Waals surface area contributed by atoms with Crippen molar-refractivity contribution in [3.05, 3.63) is 47.8 Å². The Morgan fingerprint density at radius 2 is 2.07 bits per heavy atom. The lowest BCUT2D eigenvalue weighted by atomic mass is 9.75. The van der Waals surface area contributed by atoms with E-state index in [4.69, 9.17) is 0 Å². The van der Waals surface area contributed by atoms with Crippen LogP contribution in [0.25, 0.3) is 0 Å². The van der Waals surface area contributed by atoms with E-state index in [0.717, 1.165) is 38.3 Å². The Labute approximate surface area is 173 Å². The summed E-state index contributed by atoms with van der Waals surface area (Å²) in [5, 5.41) is 8.81. The Bertz CT molecular complexity index is 820. The summed E-state index contributed by atoms with van der Waals surface area (Å²) in [5.41, 5.74) is 2.39. The van der Waals surface area contributed by atoms with Crippen molar-refractivity contribution in [2.75, 3.05) is 34.2 Å². The molecule has 3 fully saturated rings. The minimum Gasteiger partial charge on any atom is -0.348 e. The lowest BCUT2D eigenvalue weighted by molar-refractivity contribution is -0.945. The molecule has 2 unspecified atom stereocenters. The van der Waals surface area contributed by atoms with Crippen LogP contribution < -0.4 is 9.80 Å². The maximum Gasteiger partial charge on any atom is 0.231 e. The quantitative estimate of drug-likeness (QED) is 0.621. The van der Waals surface area contributed by atoms with Crippen molar-refractivity contribution in [3.63, 3.8) is 0 Å². The van der Waals surface area contributed by atoms with E-state index in [0.29, 0.717) is 17.9 Å². The minimum atomic E-state index is 0.201. The van der Waals surface area contributed by atoms with Gasteiger partial charge in [0, 0.05) is 32.5 Å². The van der Waals surface area contributed by atoms with E-state index in [2.05, 4.69) is 53.9 Å². The first-order chi connectivity index (χ1) is 14.0. The summed E-state index contributed by atoms with van der Waals surface area (Å²) in [6, 6.07) is 11.1. The fourth-order valence-electron chi connectivity index (χ4n) is 5.18. The molecular formula is C22H34N6O+2. The molecule has 29 heavy (non-hydrogen) atoms. The molecule has 2 aromatic rings. The molecule has 5 rings (SSSR count). The van der Waals surface area contributed by atoms with Crippen LogP contribution in [0.15, 0.2) is 36.5 Å². The molecule has 4 heterocycles. The zero-order valence-electron chi connectivity index (χ0n) is 17.8. The molecule has 0 radical (unpaired) electrons. The van der Waals surface area contributed by atoms with E-state index in [-0.39, 0.29) is 5.92 Å². The number of hydrogen-bond acceptors (Lipinski definition) is 3. The summed E-state index contributed by atoms with van der Waals surface area (Å²) in [7, 11) is 5.95. The van der Waals surface area contributed by atoms with Gasteiger partial charge in [-0.05, 0) is 5.92 Å². The first kappa shape index (κ1) is 20.0. The van der Waals surface area contributed by atoms with Gasteiger partial charge in [0.05, 0.1) is 38.8 Å². The summed E-state index contributed by atoms with van der Waals surface area (Å²) in [4.78, 5) is 17.2.